The zero-order valence-electron chi connectivity index (χ0n) is 17.7. The van der Waals surface area contributed by atoms with Crippen LogP contribution in [0.15, 0.2) is 47.0 Å². The number of urea groups is 1. The fourth-order valence-electron chi connectivity index (χ4n) is 3.94. The normalized spacial score (nSPS) is 19.7. The molecular formula is C22H23N5O5. The van der Waals surface area contributed by atoms with Crippen molar-refractivity contribution in [1.82, 2.24) is 20.4 Å². The summed E-state index contributed by atoms with van der Waals surface area (Å²) in [6, 6.07) is 12.3. The van der Waals surface area contributed by atoms with E-state index in [1.54, 1.807) is 31.4 Å². The van der Waals surface area contributed by atoms with Gasteiger partial charge in [0.15, 0.2) is 11.5 Å². The van der Waals surface area contributed by atoms with Crippen LogP contribution in [0.4, 0.5) is 10.5 Å². The van der Waals surface area contributed by atoms with Gasteiger partial charge in [-0.05, 0) is 55.9 Å². The first-order chi connectivity index (χ1) is 15.6. The number of nitrogens with zero attached hydrogens (tertiary/aromatic N) is 3. The van der Waals surface area contributed by atoms with Crippen LogP contribution in [-0.2, 0) is 0 Å². The SMILES string of the molecule is COc1ccc(NC(=O)N[C@H]2C[C@@H](c3nc(-c4ccc5c(c4)OCO5)no3)N(C)C2)cc1. The standard InChI is InChI=1S/C22H23N5O5/c1-27-11-15(24-22(28)23-14-4-6-16(29-2)7-5-14)10-17(27)21-25-20(26-32-21)13-3-8-18-19(9-13)31-12-30-18/h3-9,15,17H,10-12H2,1-2H3,(H2,23,24,28)/t15-,17-/m0/s1. The van der Waals surface area contributed by atoms with E-state index in [0.29, 0.717) is 41.9 Å². The molecule has 1 fully saturated rings. The largest absolute Gasteiger partial charge is 0.497 e. The highest BCUT2D eigenvalue weighted by Crippen LogP contribution is 2.36. The molecule has 166 valence electrons. The van der Waals surface area contributed by atoms with Gasteiger partial charge in [-0.15, -0.1) is 0 Å². The number of aromatic nitrogens is 2. The van der Waals surface area contributed by atoms with E-state index in [-0.39, 0.29) is 24.9 Å². The third-order valence-electron chi connectivity index (χ3n) is 5.59. The molecule has 2 aliphatic heterocycles. The molecule has 0 unspecified atom stereocenters. The molecule has 5 rings (SSSR count). The van der Waals surface area contributed by atoms with Gasteiger partial charge in [0.1, 0.15) is 5.75 Å². The van der Waals surface area contributed by atoms with Gasteiger partial charge in [0, 0.05) is 23.8 Å². The van der Waals surface area contributed by atoms with Gasteiger partial charge in [-0.1, -0.05) is 5.16 Å². The van der Waals surface area contributed by atoms with E-state index in [2.05, 4.69) is 25.7 Å². The van der Waals surface area contributed by atoms with E-state index in [1.165, 1.54) is 0 Å². The summed E-state index contributed by atoms with van der Waals surface area (Å²) >= 11 is 0. The van der Waals surface area contributed by atoms with Crippen molar-refractivity contribution in [3.05, 3.63) is 48.4 Å². The first-order valence-corrected chi connectivity index (χ1v) is 10.2. The number of likely N-dealkylation sites (tertiary alicyclic amines) is 1. The highest BCUT2D eigenvalue weighted by atomic mass is 16.7. The Bertz CT molecular complexity index is 1120. The molecular weight excluding hydrogens is 414 g/mol. The maximum absolute atomic E-state index is 12.4. The first kappa shape index (κ1) is 20.1. The minimum absolute atomic E-state index is 0.0517. The summed E-state index contributed by atoms with van der Waals surface area (Å²) in [5, 5.41) is 9.98. The monoisotopic (exact) mass is 437 g/mol. The van der Waals surface area contributed by atoms with Crippen molar-refractivity contribution in [2.45, 2.75) is 18.5 Å². The van der Waals surface area contributed by atoms with Crippen molar-refractivity contribution >= 4 is 11.7 Å². The Morgan fingerprint density at radius 3 is 2.78 bits per heavy atom. The molecule has 0 spiro atoms. The highest BCUT2D eigenvalue weighted by molar-refractivity contribution is 5.89. The number of rotatable bonds is 5. The Labute approximate surface area is 184 Å². The fraction of sp³-hybridized carbons (Fsp3) is 0.318. The third-order valence-corrected chi connectivity index (χ3v) is 5.59. The summed E-state index contributed by atoms with van der Waals surface area (Å²) in [5.41, 5.74) is 1.48. The van der Waals surface area contributed by atoms with Crippen LogP contribution in [0.3, 0.4) is 0 Å². The molecule has 2 atom stereocenters. The summed E-state index contributed by atoms with van der Waals surface area (Å²) in [6.07, 6.45) is 0.662. The van der Waals surface area contributed by atoms with Crippen molar-refractivity contribution in [2.24, 2.45) is 0 Å². The fourth-order valence-corrected chi connectivity index (χ4v) is 3.94. The number of nitrogens with one attached hydrogen (secondary N) is 2. The van der Waals surface area contributed by atoms with Crippen molar-refractivity contribution in [2.75, 3.05) is 32.8 Å². The number of likely N-dealkylation sites (N-methyl/N-ethyl adjacent to an activating group) is 1. The summed E-state index contributed by atoms with van der Waals surface area (Å²) in [4.78, 5) is 19.1. The molecule has 2 N–H and O–H groups in total. The van der Waals surface area contributed by atoms with Gasteiger partial charge in [0.2, 0.25) is 18.5 Å². The van der Waals surface area contributed by atoms with Crippen LogP contribution >= 0.6 is 0 Å². The van der Waals surface area contributed by atoms with E-state index in [4.69, 9.17) is 18.7 Å². The maximum atomic E-state index is 12.4. The van der Waals surface area contributed by atoms with Gasteiger partial charge in [-0.2, -0.15) is 4.98 Å². The molecule has 10 nitrogen and oxygen atoms in total. The lowest BCUT2D eigenvalue weighted by Gasteiger charge is -2.14. The van der Waals surface area contributed by atoms with Gasteiger partial charge in [-0.25, -0.2) is 4.79 Å². The zero-order valence-corrected chi connectivity index (χ0v) is 17.7. The van der Waals surface area contributed by atoms with Gasteiger partial charge < -0.3 is 29.4 Å². The first-order valence-electron chi connectivity index (χ1n) is 10.2. The number of carbonyl (C=O) groups excluding carboxylic acids is 1. The summed E-state index contributed by atoms with van der Waals surface area (Å²) < 4.78 is 21.4. The molecule has 3 aromatic rings. The Morgan fingerprint density at radius 1 is 1.16 bits per heavy atom. The lowest BCUT2D eigenvalue weighted by Crippen LogP contribution is -2.39. The number of amides is 2. The summed E-state index contributed by atoms with van der Waals surface area (Å²) in [7, 11) is 3.57. The van der Waals surface area contributed by atoms with E-state index >= 15 is 0 Å². The van der Waals surface area contributed by atoms with Crippen molar-refractivity contribution in [1.29, 1.82) is 0 Å². The van der Waals surface area contributed by atoms with Crippen LogP contribution in [0.2, 0.25) is 0 Å². The smallest absolute Gasteiger partial charge is 0.319 e. The predicted molar refractivity (Wildman–Crippen MR) is 115 cm³/mol. The molecule has 2 aromatic carbocycles. The van der Waals surface area contributed by atoms with Crippen LogP contribution in [-0.4, -0.2) is 54.6 Å². The molecule has 10 heteroatoms. The molecule has 0 bridgehead atoms. The number of hydrogen-bond donors (Lipinski definition) is 2. The Balaban J connectivity index is 1.21. The van der Waals surface area contributed by atoms with Crippen LogP contribution in [0, 0.1) is 0 Å². The average Bonchev–Trinajstić information content (AvgIpc) is 3.53. The Kier molecular flexibility index (Phi) is 5.28. The molecule has 1 aromatic heterocycles. The number of ether oxygens (including phenoxy) is 3. The number of carbonyl (C=O) groups is 1. The number of anilines is 1. The summed E-state index contributed by atoms with van der Waals surface area (Å²) in [5.74, 6) is 3.10. The quantitative estimate of drug-likeness (QED) is 0.627. The second kappa shape index (κ2) is 8.39. The highest BCUT2D eigenvalue weighted by Gasteiger charge is 2.35. The Morgan fingerprint density at radius 2 is 1.97 bits per heavy atom. The number of fused-ring (bicyclic) bond motifs is 1. The van der Waals surface area contributed by atoms with Crippen molar-refractivity contribution in [3.63, 3.8) is 0 Å². The average molecular weight is 437 g/mol. The second-order valence-corrected chi connectivity index (χ2v) is 7.74. The Hall–Kier alpha value is -3.79. The molecule has 32 heavy (non-hydrogen) atoms. The molecule has 1 saturated heterocycles. The van der Waals surface area contributed by atoms with Crippen LogP contribution in [0.5, 0.6) is 17.2 Å². The topological polar surface area (TPSA) is 111 Å². The molecule has 0 aliphatic carbocycles. The minimum atomic E-state index is -0.263. The van der Waals surface area contributed by atoms with Crippen LogP contribution in [0.1, 0.15) is 18.4 Å². The minimum Gasteiger partial charge on any atom is -0.497 e. The zero-order chi connectivity index (χ0) is 22.1. The molecule has 2 aliphatic rings. The second-order valence-electron chi connectivity index (χ2n) is 7.74. The van der Waals surface area contributed by atoms with Gasteiger partial charge >= 0.3 is 6.03 Å². The van der Waals surface area contributed by atoms with Crippen molar-refractivity contribution in [3.8, 4) is 28.6 Å². The van der Waals surface area contributed by atoms with E-state index in [0.717, 1.165) is 11.3 Å². The summed E-state index contributed by atoms with van der Waals surface area (Å²) in [6.45, 7) is 0.881. The molecule has 0 radical (unpaired) electrons. The lowest BCUT2D eigenvalue weighted by atomic mass is 10.1. The predicted octanol–water partition coefficient (Wildman–Crippen LogP) is 3.04. The molecule has 3 heterocycles. The molecule has 2 amide bonds. The number of benzene rings is 2. The van der Waals surface area contributed by atoms with E-state index in [1.807, 2.05) is 25.2 Å². The number of hydrogen-bond acceptors (Lipinski definition) is 8. The van der Waals surface area contributed by atoms with Crippen LogP contribution < -0.4 is 24.8 Å². The van der Waals surface area contributed by atoms with Crippen molar-refractivity contribution < 1.29 is 23.5 Å². The lowest BCUT2D eigenvalue weighted by molar-refractivity contribution is 0.174. The number of methoxy groups -OCH3 is 1. The maximum Gasteiger partial charge on any atom is 0.319 e. The van der Waals surface area contributed by atoms with Crippen LogP contribution in [0.25, 0.3) is 11.4 Å². The van der Waals surface area contributed by atoms with Gasteiger partial charge in [-0.3, -0.25) is 4.90 Å². The van der Waals surface area contributed by atoms with Gasteiger partial charge in [0.25, 0.3) is 0 Å². The van der Waals surface area contributed by atoms with E-state index < -0.39 is 0 Å². The molecule has 0 saturated carbocycles. The van der Waals surface area contributed by atoms with Gasteiger partial charge in [0.05, 0.1) is 13.2 Å². The third kappa shape index (κ3) is 4.04. The van der Waals surface area contributed by atoms with E-state index in [9.17, 15) is 4.79 Å².